The van der Waals surface area contributed by atoms with E-state index in [1.54, 1.807) is 6.07 Å². The largest absolute Gasteiger partial charge is 0.394 e. The van der Waals surface area contributed by atoms with Crippen LogP contribution in [0.25, 0.3) is 5.52 Å². The van der Waals surface area contributed by atoms with Crippen molar-refractivity contribution in [1.29, 1.82) is 0 Å². The van der Waals surface area contributed by atoms with E-state index >= 15 is 0 Å². The lowest BCUT2D eigenvalue weighted by Crippen LogP contribution is -2.30. The summed E-state index contributed by atoms with van der Waals surface area (Å²) in [4.78, 5) is 21.1. The van der Waals surface area contributed by atoms with Gasteiger partial charge < -0.3 is 15.5 Å². The van der Waals surface area contributed by atoms with Gasteiger partial charge in [-0.05, 0) is 46.9 Å². The molecule has 28 heavy (non-hydrogen) atoms. The van der Waals surface area contributed by atoms with Crippen LogP contribution in [0.15, 0.2) is 36.8 Å². The van der Waals surface area contributed by atoms with Crippen molar-refractivity contribution in [2.24, 2.45) is 0 Å². The van der Waals surface area contributed by atoms with Gasteiger partial charge in [-0.3, -0.25) is 14.0 Å². The van der Waals surface area contributed by atoms with Crippen molar-refractivity contribution in [2.45, 2.75) is 6.10 Å². The highest BCUT2D eigenvalue weighted by atomic mass is 127. The molecule has 8 nitrogen and oxygen atoms in total. The second-order valence-corrected chi connectivity index (χ2v) is 6.98. The van der Waals surface area contributed by atoms with Crippen LogP contribution in [0.4, 0.5) is 20.3 Å². The molecule has 4 N–H and O–H groups in total. The van der Waals surface area contributed by atoms with E-state index in [2.05, 4.69) is 15.8 Å². The molecule has 1 amide bonds. The molecule has 0 spiro atoms. The maximum absolute atomic E-state index is 14.3. The normalized spacial score (nSPS) is 12.2. The molecule has 11 heteroatoms. The summed E-state index contributed by atoms with van der Waals surface area (Å²) in [6.07, 6.45) is 1.35. The van der Waals surface area contributed by atoms with E-state index in [-0.39, 0.29) is 29.2 Å². The Morgan fingerprint density at radius 2 is 2.11 bits per heavy atom. The molecule has 2 heterocycles. The fraction of sp³-hybridized carbons (Fsp3) is 0.176. The van der Waals surface area contributed by atoms with Gasteiger partial charge in [0.1, 0.15) is 42.0 Å². The summed E-state index contributed by atoms with van der Waals surface area (Å²) >= 11 is 1.96. The minimum absolute atomic E-state index is 0.0674. The van der Waals surface area contributed by atoms with Crippen LogP contribution in [0.5, 0.6) is 0 Å². The number of nitrogens with one attached hydrogen (secondary N) is 2. The number of pyridine rings is 1. The summed E-state index contributed by atoms with van der Waals surface area (Å²) in [6, 6.07) is 5.42. The van der Waals surface area contributed by atoms with Crippen molar-refractivity contribution >= 4 is 45.5 Å². The first-order chi connectivity index (χ1) is 13.4. The second-order valence-electron chi connectivity index (χ2n) is 5.73. The first kappa shape index (κ1) is 20.4. The highest BCUT2D eigenvalue weighted by Gasteiger charge is 2.20. The number of benzene rings is 1. The van der Waals surface area contributed by atoms with Gasteiger partial charge in [-0.1, -0.05) is 0 Å². The highest BCUT2D eigenvalue weighted by molar-refractivity contribution is 14.1. The zero-order valence-corrected chi connectivity index (χ0v) is 16.4. The fourth-order valence-electron chi connectivity index (χ4n) is 2.38. The molecule has 0 aliphatic heterocycles. The standard InChI is InChI=1S/C17H15F2IN4O4/c18-12-3-9(20)1-2-14(12)22-16-11(17(27)23-28-7-10(26)6-25)4-13(19)15-5-21-8-24(15)16/h1-5,8,10,22,25-26H,6-7H2,(H,23,27)/t10-/m1/s1. The third-order valence-electron chi connectivity index (χ3n) is 3.73. The van der Waals surface area contributed by atoms with Crippen LogP contribution in [0.1, 0.15) is 10.4 Å². The van der Waals surface area contributed by atoms with Crippen molar-refractivity contribution in [1.82, 2.24) is 14.9 Å². The van der Waals surface area contributed by atoms with Gasteiger partial charge in [-0.15, -0.1) is 0 Å². The maximum Gasteiger partial charge on any atom is 0.278 e. The van der Waals surface area contributed by atoms with Gasteiger partial charge >= 0.3 is 0 Å². The summed E-state index contributed by atoms with van der Waals surface area (Å²) in [7, 11) is 0. The van der Waals surface area contributed by atoms with Gasteiger partial charge in [0.05, 0.1) is 24.1 Å². The maximum atomic E-state index is 14.3. The molecule has 0 fully saturated rings. The van der Waals surface area contributed by atoms with Gasteiger partial charge in [0.15, 0.2) is 0 Å². The fourth-order valence-corrected chi connectivity index (χ4v) is 2.83. The number of nitrogens with zero attached hydrogens (tertiary/aromatic N) is 2. The van der Waals surface area contributed by atoms with E-state index in [0.29, 0.717) is 3.57 Å². The van der Waals surface area contributed by atoms with Crippen LogP contribution < -0.4 is 10.8 Å². The Morgan fingerprint density at radius 1 is 1.32 bits per heavy atom. The zero-order valence-electron chi connectivity index (χ0n) is 14.2. The SMILES string of the molecule is O=C(NOC[C@H](O)CO)c1cc(F)c2cncn2c1Nc1ccc(I)cc1F. The average Bonchev–Trinajstić information content (AvgIpc) is 3.16. The van der Waals surface area contributed by atoms with Crippen LogP contribution in [0.3, 0.4) is 0 Å². The van der Waals surface area contributed by atoms with Crippen molar-refractivity contribution in [3.63, 3.8) is 0 Å². The number of carbonyl (C=O) groups excluding carboxylic acids is 1. The number of aliphatic hydroxyl groups excluding tert-OH is 2. The molecular formula is C17H15F2IN4O4. The smallest absolute Gasteiger partial charge is 0.278 e. The number of amides is 1. The first-order valence-corrected chi connectivity index (χ1v) is 9.06. The van der Waals surface area contributed by atoms with Crippen LogP contribution in [-0.4, -0.2) is 44.8 Å². The summed E-state index contributed by atoms with van der Waals surface area (Å²) in [5.41, 5.74) is 2.03. The lowest BCUT2D eigenvalue weighted by atomic mass is 10.2. The third-order valence-corrected chi connectivity index (χ3v) is 4.40. The molecule has 0 aliphatic carbocycles. The van der Waals surface area contributed by atoms with Gasteiger partial charge in [-0.2, -0.15) is 0 Å². The number of rotatable bonds is 7. The van der Waals surface area contributed by atoms with E-state index in [4.69, 9.17) is 9.94 Å². The Labute approximate surface area is 171 Å². The van der Waals surface area contributed by atoms with Crippen LogP contribution in [-0.2, 0) is 4.84 Å². The number of hydrogen-bond acceptors (Lipinski definition) is 6. The number of imidazole rings is 1. The second kappa shape index (κ2) is 8.77. The van der Waals surface area contributed by atoms with E-state index in [1.807, 2.05) is 22.6 Å². The molecular weight excluding hydrogens is 489 g/mol. The Morgan fingerprint density at radius 3 is 2.82 bits per heavy atom. The van der Waals surface area contributed by atoms with E-state index < -0.39 is 30.3 Å². The van der Waals surface area contributed by atoms with Crippen LogP contribution in [0, 0.1) is 15.2 Å². The highest BCUT2D eigenvalue weighted by Crippen LogP contribution is 2.27. The first-order valence-electron chi connectivity index (χ1n) is 7.98. The van der Waals surface area contributed by atoms with Gasteiger partial charge in [0.25, 0.3) is 5.91 Å². The molecule has 0 bridgehead atoms. The number of fused-ring (bicyclic) bond motifs is 1. The number of carbonyl (C=O) groups is 1. The number of aliphatic hydroxyl groups is 2. The monoisotopic (exact) mass is 504 g/mol. The van der Waals surface area contributed by atoms with Crippen molar-refractivity contribution in [3.05, 3.63) is 57.6 Å². The molecule has 0 saturated carbocycles. The molecule has 3 aromatic rings. The molecule has 0 radical (unpaired) electrons. The Balaban J connectivity index is 1.97. The minimum Gasteiger partial charge on any atom is -0.394 e. The number of hydrogen-bond donors (Lipinski definition) is 4. The zero-order chi connectivity index (χ0) is 20.3. The summed E-state index contributed by atoms with van der Waals surface area (Å²) in [5, 5.41) is 20.8. The van der Waals surface area contributed by atoms with Crippen LogP contribution in [0.2, 0.25) is 0 Å². The Hall–Kier alpha value is -2.35. The lowest BCUT2D eigenvalue weighted by molar-refractivity contribution is -0.0295. The molecule has 148 valence electrons. The number of halogens is 3. The van der Waals surface area contributed by atoms with E-state index in [1.165, 1.54) is 29.1 Å². The number of hydroxylamine groups is 1. The van der Waals surface area contributed by atoms with Gasteiger partial charge in [-0.25, -0.2) is 19.2 Å². The molecule has 3 rings (SSSR count). The van der Waals surface area contributed by atoms with Crippen LogP contribution >= 0.6 is 22.6 Å². The molecule has 0 unspecified atom stereocenters. The lowest BCUT2D eigenvalue weighted by Gasteiger charge is -2.16. The summed E-state index contributed by atoms with van der Waals surface area (Å²) < 4.78 is 30.6. The third kappa shape index (κ3) is 4.38. The quantitative estimate of drug-likeness (QED) is 0.290. The van der Waals surface area contributed by atoms with Crippen molar-refractivity contribution < 1.29 is 28.6 Å². The molecule has 0 saturated heterocycles. The minimum atomic E-state index is -1.19. The summed E-state index contributed by atoms with van der Waals surface area (Å²) in [6.45, 7) is -0.920. The van der Waals surface area contributed by atoms with E-state index in [9.17, 15) is 18.7 Å². The van der Waals surface area contributed by atoms with Gasteiger partial charge in [0.2, 0.25) is 0 Å². The predicted molar refractivity (Wildman–Crippen MR) is 104 cm³/mol. The van der Waals surface area contributed by atoms with Gasteiger partial charge in [0, 0.05) is 3.57 Å². The molecule has 2 aromatic heterocycles. The molecule has 0 aliphatic rings. The predicted octanol–water partition coefficient (Wildman–Crippen LogP) is 1.98. The van der Waals surface area contributed by atoms with Crippen molar-refractivity contribution in [2.75, 3.05) is 18.5 Å². The number of anilines is 2. The number of aromatic nitrogens is 2. The Kier molecular flexibility index (Phi) is 6.39. The molecule has 1 atom stereocenters. The average molecular weight is 504 g/mol. The molecule has 1 aromatic carbocycles. The van der Waals surface area contributed by atoms with E-state index in [0.717, 1.165) is 6.07 Å². The van der Waals surface area contributed by atoms with Crippen molar-refractivity contribution in [3.8, 4) is 0 Å². The topological polar surface area (TPSA) is 108 Å². The Bertz CT molecular complexity index is 1010. The summed E-state index contributed by atoms with van der Waals surface area (Å²) in [5.74, 6) is -2.05.